The van der Waals surface area contributed by atoms with Crippen molar-refractivity contribution in [3.05, 3.63) is 59.7 Å². The summed E-state index contributed by atoms with van der Waals surface area (Å²) in [6, 6.07) is 16.3. The van der Waals surface area contributed by atoms with E-state index in [2.05, 4.69) is 36.5 Å². The Morgan fingerprint density at radius 3 is 2.42 bits per heavy atom. The maximum absolute atomic E-state index is 12.1. The zero-order valence-corrected chi connectivity index (χ0v) is 15.4. The molecule has 1 amide bonds. The molecule has 3 nitrogen and oxygen atoms in total. The van der Waals surface area contributed by atoms with Crippen molar-refractivity contribution in [1.29, 1.82) is 0 Å². The summed E-state index contributed by atoms with van der Waals surface area (Å²) in [6.07, 6.45) is 0.514. The molecule has 0 heterocycles. The van der Waals surface area contributed by atoms with Gasteiger partial charge in [0.1, 0.15) is 5.75 Å². The van der Waals surface area contributed by atoms with Gasteiger partial charge in [0.25, 0.3) is 0 Å². The molecule has 2 aromatic rings. The number of carbonyl (C=O) groups is 1. The minimum absolute atomic E-state index is 0.00227. The minimum Gasteiger partial charge on any atom is -0.494 e. The van der Waals surface area contributed by atoms with Crippen LogP contribution in [-0.2, 0) is 4.79 Å². The van der Waals surface area contributed by atoms with Crippen LogP contribution in [0.3, 0.4) is 0 Å². The van der Waals surface area contributed by atoms with E-state index in [0.29, 0.717) is 13.0 Å². The van der Waals surface area contributed by atoms with Crippen molar-refractivity contribution >= 4 is 17.7 Å². The molecular formula is C20H25NO2S. The molecule has 128 valence electrons. The number of rotatable bonds is 8. The van der Waals surface area contributed by atoms with E-state index in [-0.39, 0.29) is 11.9 Å². The second-order valence-corrected chi connectivity index (χ2v) is 6.87. The maximum atomic E-state index is 12.1. The summed E-state index contributed by atoms with van der Waals surface area (Å²) in [7, 11) is 0. The Labute approximate surface area is 148 Å². The molecule has 0 aliphatic heterocycles. The third-order valence-electron chi connectivity index (χ3n) is 3.69. The zero-order chi connectivity index (χ0) is 17.4. The second-order valence-electron chi connectivity index (χ2n) is 5.70. The Kier molecular flexibility index (Phi) is 7.19. The molecule has 1 atom stereocenters. The van der Waals surface area contributed by atoms with Crippen molar-refractivity contribution in [2.24, 2.45) is 0 Å². The summed E-state index contributed by atoms with van der Waals surface area (Å²) in [4.78, 5) is 13.3. The number of thioether (sulfide) groups is 1. The Morgan fingerprint density at radius 1 is 1.12 bits per heavy atom. The van der Waals surface area contributed by atoms with E-state index in [0.717, 1.165) is 17.1 Å². The van der Waals surface area contributed by atoms with Gasteiger partial charge in [-0.05, 0) is 50.6 Å². The molecule has 0 radical (unpaired) electrons. The summed E-state index contributed by atoms with van der Waals surface area (Å²) in [5.74, 6) is 1.72. The van der Waals surface area contributed by atoms with Gasteiger partial charge in [-0.1, -0.05) is 29.8 Å². The third-order valence-corrected chi connectivity index (χ3v) is 4.70. The molecule has 2 aromatic carbocycles. The van der Waals surface area contributed by atoms with Gasteiger partial charge >= 0.3 is 0 Å². The SMILES string of the molecule is CCOc1ccc([C@H](C)NC(=O)CCSc2ccc(C)cc2)cc1. The van der Waals surface area contributed by atoms with Crippen molar-refractivity contribution < 1.29 is 9.53 Å². The van der Waals surface area contributed by atoms with Crippen molar-refractivity contribution in [2.45, 2.75) is 38.1 Å². The van der Waals surface area contributed by atoms with Gasteiger partial charge in [-0.2, -0.15) is 0 Å². The van der Waals surface area contributed by atoms with Crippen molar-refractivity contribution in [3.8, 4) is 5.75 Å². The van der Waals surface area contributed by atoms with E-state index in [1.807, 2.05) is 38.1 Å². The number of aryl methyl sites for hydroxylation is 1. The molecule has 0 saturated carbocycles. The number of hydrogen-bond donors (Lipinski definition) is 1. The number of ether oxygens (including phenoxy) is 1. The van der Waals surface area contributed by atoms with Crippen LogP contribution in [0.5, 0.6) is 5.75 Å². The topological polar surface area (TPSA) is 38.3 Å². The average molecular weight is 343 g/mol. The molecule has 24 heavy (non-hydrogen) atoms. The van der Waals surface area contributed by atoms with Gasteiger partial charge in [0.15, 0.2) is 0 Å². The monoisotopic (exact) mass is 343 g/mol. The smallest absolute Gasteiger partial charge is 0.221 e. The normalized spacial score (nSPS) is 11.8. The predicted octanol–water partition coefficient (Wildman–Crippen LogP) is 4.75. The highest BCUT2D eigenvalue weighted by Gasteiger charge is 2.09. The minimum atomic E-state index is -0.00227. The van der Waals surface area contributed by atoms with Gasteiger partial charge in [0, 0.05) is 17.1 Å². The fourth-order valence-corrected chi connectivity index (χ4v) is 3.16. The first-order valence-corrected chi connectivity index (χ1v) is 9.28. The van der Waals surface area contributed by atoms with Gasteiger partial charge in [-0.15, -0.1) is 11.8 Å². The van der Waals surface area contributed by atoms with Crippen LogP contribution in [0.1, 0.15) is 37.4 Å². The standard InChI is InChI=1S/C20H25NO2S/c1-4-23-18-9-7-17(8-10-18)16(3)21-20(22)13-14-24-19-11-5-15(2)6-12-19/h5-12,16H,4,13-14H2,1-3H3,(H,21,22)/t16-/m0/s1. The van der Waals surface area contributed by atoms with Crippen LogP contribution < -0.4 is 10.1 Å². The van der Waals surface area contributed by atoms with E-state index >= 15 is 0 Å². The van der Waals surface area contributed by atoms with E-state index < -0.39 is 0 Å². The van der Waals surface area contributed by atoms with Gasteiger partial charge < -0.3 is 10.1 Å². The number of amides is 1. The Morgan fingerprint density at radius 2 is 1.79 bits per heavy atom. The molecule has 0 aliphatic rings. The highest BCUT2D eigenvalue weighted by molar-refractivity contribution is 7.99. The summed E-state index contributed by atoms with van der Waals surface area (Å²) in [5.41, 5.74) is 2.33. The molecule has 0 bridgehead atoms. The van der Waals surface area contributed by atoms with Gasteiger partial charge in [-0.25, -0.2) is 0 Å². The molecule has 1 N–H and O–H groups in total. The van der Waals surface area contributed by atoms with Crippen LogP contribution in [0.2, 0.25) is 0 Å². The van der Waals surface area contributed by atoms with Crippen molar-refractivity contribution in [2.75, 3.05) is 12.4 Å². The molecule has 4 heteroatoms. The lowest BCUT2D eigenvalue weighted by Crippen LogP contribution is -2.26. The number of carbonyl (C=O) groups excluding carboxylic acids is 1. The van der Waals surface area contributed by atoms with Crippen LogP contribution in [0.4, 0.5) is 0 Å². The first-order chi connectivity index (χ1) is 11.6. The van der Waals surface area contributed by atoms with Gasteiger partial charge in [0.05, 0.1) is 12.6 Å². The third kappa shape index (κ3) is 5.93. The highest BCUT2D eigenvalue weighted by Crippen LogP contribution is 2.20. The molecule has 0 aliphatic carbocycles. The lowest BCUT2D eigenvalue weighted by Gasteiger charge is -2.15. The van der Waals surface area contributed by atoms with E-state index in [4.69, 9.17) is 4.74 Å². The van der Waals surface area contributed by atoms with Crippen LogP contribution in [0.25, 0.3) is 0 Å². The quantitative estimate of drug-likeness (QED) is 0.703. The largest absolute Gasteiger partial charge is 0.494 e. The molecule has 0 aromatic heterocycles. The van der Waals surface area contributed by atoms with Gasteiger partial charge in [0.2, 0.25) is 5.91 Å². The van der Waals surface area contributed by atoms with Gasteiger partial charge in [-0.3, -0.25) is 4.79 Å². The lowest BCUT2D eigenvalue weighted by atomic mass is 10.1. The van der Waals surface area contributed by atoms with Crippen LogP contribution >= 0.6 is 11.8 Å². The van der Waals surface area contributed by atoms with Crippen LogP contribution in [-0.4, -0.2) is 18.3 Å². The molecule has 0 spiro atoms. The average Bonchev–Trinajstić information content (AvgIpc) is 2.57. The zero-order valence-electron chi connectivity index (χ0n) is 14.5. The fourth-order valence-electron chi connectivity index (χ4n) is 2.31. The Hall–Kier alpha value is -1.94. The van der Waals surface area contributed by atoms with Crippen LogP contribution in [0, 0.1) is 6.92 Å². The molecular weight excluding hydrogens is 318 g/mol. The first kappa shape index (κ1) is 18.4. The molecule has 0 fully saturated rings. The number of hydrogen-bond acceptors (Lipinski definition) is 3. The maximum Gasteiger partial charge on any atom is 0.221 e. The lowest BCUT2D eigenvalue weighted by molar-refractivity contribution is -0.121. The summed E-state index contributed by atoms with van der Waals surface area (Å²) in [6.45, 7) is 6.69. The molecule has 0 unspecified atom stereocenters. The number of nitrogens with one attached hydrogen (secondary N) is 1. The van der Waals surface area contributed by atoms with E-state index in [9.17, 15) is 4.79 Å². The Balaban J connectivity index is 1.75. The molecule has 0 saturated heterocycles. The summed E-state index contributed by atoms with van der Waals surface area (Å²) in [5, 5.41) is 3.05. The predicted molar refractivity (Wildman–Crippen MR) is 101 cm³/mol. The van der Waals surface area contributed by atoms with Crippen molar-refractivity contribution in [3.63, 3.8) is 0 Å². The summed E-state index contributed by atoms with van der Waals surface area (Å²) < 4.78 is 5.43. The highest BCUT2D eigenvalue weighted by atomic mass is 32.2. The van der Waals surface area contributed by atoms with E-state index in [1.165, 1.54) is 10.5 Å². The van der Waals surface area contributed by atoms with E-state index in [1.54, 1.807) is 11.8 Å². The fraction of sp³-hybridized carbons (Fsp3) is 0.350. The van der Waals surface area contributed by atoms with Crippen molar-refractivity contribution in [1.82, 2.24) is 5.32 Å². The van der Waals surface area contributed by atoms with Crippen LogP contribution in [0.15, 0.2) is 53.4 Å². The number of benzene rings is 2. The first-order valence-electron chi connectivity index (χ1n) is 8.30. The Bertz CT molecular complexity index is 638. The molecule has 2 rings (SSSR count). The second kappa shape index (κ2) is 9.38. The summed E-state index contributed by atoms with van der Waals surface area (Å²) >= 11 is 1.71.